The molecule has 0 spiro atoms. The fraction of sp³-hybridized carbons (Fsp3) is 0.111. The molecule has 0 saturated heterocycles. The second-order valence-electron chi connectivity index (χ2n) is 8.12. The summed E-state index contributed by atoms with van der Waals surface area (Å²) in [5, 5.41) is 7.34. The number of benzene rings is 3. The number of nitrogens with two attached hydrogens (primary N) is 1. The third-order valence-electron chi connectivity index (χ3n) is 5.80. The van der Waals surface area contributed by atoms with Crippen LogP contribution in [0.3, 0.4) is 0 Å². The van der Waals surface area contributed by atoms with E-state index < -0.39 is 5.91 Å². The van der Waals surface area contributed by atoms with Gasteiger partial charge in [0.15, 0.2) is 17.1 Å². The van der Waals surface area contributed by atoms with E-state index in [0.29, 0.717) is 33.7 Å². The number of carbonyl (C=O) groups excluding carboxylic acids is 1. The van der Waals surface area contributed by atoms with Crippen LogP contribution in [0.2, 0.25) is 0 Å². The van der Waals surface area contributed by atoms with Crippen molar-refractivity contribution in [3.05, 3.63) is 89.2 Å². The summed E-state index contributed by atoms with van der Waals surface area (Å²) in [6.45, 7) is 0.182. The molecule has 37 heavy (non-hydrogen) atoms. The van der Waals surface area contributed by atoms with Crippen molar-refractivity contribution in [3.8, 4) is 11.5 Å². The Kier molecular flexibility index (Phi) is 6.38. The van der Waals surface area contributed by atoms with Crippen molar-refractivity contribution in [2.75, 3.05) is 20.0 Å². The Balaban J connectivity index is 1.57. The summed E-state index contributed by atoms with van der Waals surface area (Å²) in [6.07, 6.45) is 1.58. The highest BCUT2D eigenvalue weighted by Gasteiger charge is 2.24. The minimum atomic E-state index is -0.448. The minimum absolute atomic E-state index is 0.0821. The van der Waals surface area contributed by atoms with Crippen molar-refractivity contribution in [2.45, 2.75) is 6.54 Å². The number of aromatic nitrogens is 3. The maximum Gasteiger partial charge on any atom is 0.257 e. The molecule has 0 aliphatic rings. The van der Waals surface area contributed by atoms with Gasteiger partial charge in [-0.3, -0.25) is 4.79 Å². The molecular formula is C27H23FN6O3. The van der Waals surface area contributed by atoms with Crippen LogP contribution in [0, 0.1) is 5.82 Å². The summed E-state index contributed by atoms with van der Waals surface area (Å²) in [5.74, 6) is 0.415. The third-order valence-corrected chi connectivity index (χ3v) is 5.80. The average Bonchev–Trinajstić information content (AvgIpc) is 3.19. The van der Waals surface area contributed by atoms with Gasteiger partial charge in [0.05, 0.1) is 31.5 Å². The molecule has 5 aromatic rings. The highest BCUT2D eigenvalue weighted by atomic mass is 19.1. The predicted molar refractivity (Wildman–Crippen MR) is 140 cm³/mol. The lowest BCUT2D eigenvalue weighted by molar-refractivity contribution is 0.0953. The number of rotatable bonds is 7. The van der Waals surface area contributed by atoms with Crippen LogP contribution >= 0.6 is 0 Å². The highest BCUT2D eigenvalue weighted by molar-refractivity contribution is 6.10. The van der Waals surface area contributed by atoms with E-state index in [9.17, 15) is 9.18 Å². The van der Waals surface area contributed by atoms with Crippen LogP contribution in [0.5, 0.6) is 11.5 Å². The molecular weight excluding hydrogens is 475 g/mol. The molecule has 0 unspecified atom stereocenters. The van der Waals surface area contributed by atoms with Crippen molar-refractivity contribution in [3.63, 3.8) is 0 Å². The van der Waals surface area contributed by atoms with Gasteiger partial charge < -0.3 is 20.5 Å². The summed E-state index contributed by atoms with van der Waals surface area (Å²) in [7, 11) is 3.11. The SMILES string of the molecule is COc1ccc(/C=N/n2c(N)c(C(=O)NCc3ccc(F)cc3)c3nc4ccccc4nc32)cc1OC. The fourth-order valence-electron chi connectivity index (χ4n) is 3.92. The number of anilines is 1. The molecule has 186 valence electrons. The molecule has 0 fully saturated rings. The van der Waals surface area contributed by atoms with Gasteiger partial charge in [-0.2, -0.15) is 9.78 Å². The second-order valence-corrected chi connectivity index (χ2v) is 8.12. The number of nitrogens with one attached hydrogen (secondary N) is 1. The first-order valence-electron chi connectivity index (χ1n) is 11.3. The molecule has 0 bridgehead atoms. The van der Waals surface area contributed by atoms with Crippen molar-refractivity contribution in [1.82, 2.24) is 20.0 Å². The van der Waals surface area contributed by atoms with Crippen LogP contribution in [0.1, 0.15) is 21.5 Å². The lowest BCUT2D eigenvalue weighted by atomic mass is 10.2. The lowest BCUT2D eigenvalue weighted by Gasteiger charge is -2.07. The number of methoxy groups -OCH3 is 2. The number of hydrogen-bond donors (Lipinski definition) is 2. The molecule has 2 aromatic heterocycles. The zero-order chi connectivity index (χ0) is 25.9. The first kappa shape index (κ1) is 23.7. The number of amides is 1. The van der Waals surface area contributed by atoms with Gasteiger partial charge >= 0.3 is 0 Å². The van der Waals surface area contributed by atoms with Gasteiger partial charge in [0.2, 0.25) is 0 Å². The molecule has 3 aromatic carbocycles. The van der Waals surface area contributed by atoms with E-state index >= 15 is 0 Å². The summed E-state index contributed by atoms with van der Waals surface area (Å²) in [5.41, 5.74) is 9.95. The highest BCUT2D eigenvalue weighted by Crippen LogP contribution is 2.29. The van der Waals surface area contributed by atoms with Crippen molar-refractivity contribution >= 4 is 40.1 Å². The van der Waals surface area contributed by atoms with Crippen molar-refractivity contribution in [1.29, 1.82) is 0 Å². The Hall–Kier alpha value is -4.99. The molecule has 0 atom stereocenters. The number of para-hydroxylation sites is 2. The largest absolute Gasteiger partial charge is 0.493 e. The van der Waals surface area contributed by atoms with Crippen molar-refractivity contribution < 1.29 is 18.7 Å². The number of nitrogens with zero attached hydrogens (tertiary/aromatic N) is 4. The van der Waals surface area contributed by atoms with E-state index in [4.69, 9.17) is 15.2 Å². The van der Waals surface area contributed by atoms with E-state index in [1.54, 1.807) is 44.7 Å². The number of ether oxygens (including phenoxy) is 2. The molecule has 9 nitrogen and oxygen atoms in total. The van der Waals surface area contributed by atoms with Gasteiger partial charge in [-0.25, -0.2) is 14.4 Å². The van der Waals surface area contributed by atoms with E-state index in [1.807, 2.05) is 30.3 Å². The van der Waals surface area contributed by atoms with Crippen LogP contribution in [0.25, 0.3) is 22.2 Å². The molecule has 5 rings (SSSR count). The summed E-state index contributed by atoms with van der Waals surface area (Å²) in [4.78, 5) is 22.6. The normalized spacial score (nSPS) is 11.3. The van der Waals surface area contributed by atoms with Gasteiger partial charge in [-0.1, -0.05) is 24.3 Å². The molecule has 1 amide bonds. The van der Waals surface area contributed by atoms with Gasteiger partial charge in [0, 0.05) is 6.54 Å². The first-order chi connectivity index (χ1) is 18.0. The van der Waals surface area contributed by atoms with Crippen LogP contribution in [0.4, 0.5) is 10.2 Å². The molecule has 10 heteroatoms. The Morgan fingerprint density at radius 3 is 2.43 bits per heavy atom. The minimum Gasteiger partial charge on any atom is -0.493 e. The quantitative estimate of drug-likeness (QED) is 0.326. The van der Waals surface area contributed by atoms with E-state index in [1.165, 1.54) is 16.8 Å². The van der Waals surface area contributed by atoms with Gasteiger partial charge in [-0.15, -0.1) is 0 Å². The van der Waals surface area contributed by atoms with Gasteiger partial charge in [0.25, 0.3) is 5.91 Å². The summed E-state index contributed by atoms with van der Waals surface area (Å²) < 4.78 is 25.3. The molecule has 0 aliphatic carbocycles. The average molecular weight is 499 g/mol. The zero-order valence-electron chi connectivity index (χ0n) is 20.1. The maximum atomic E-state index is 13.3. The van der Waals surface area contributed by atoms with Crippen LogP contribution < -0.4 is 20.5 Å². The standard InChI is InChI=1S/C27H23FN6O3/c1-36-21-12-9-17(13-22(21)37-2)15-31-34-25(29)23(27(35)30-14-16-7-10-18(28)11-8-16)24-26(34)33-20-6-4-3-5-19(20)32-24/h3-13,15H,14,29H2,1-2H3,(H,30,35)/b31-15+. The Morgan fingerprint density at radius 1 is 1.03 bits per heavy atom. The molecule has 2 heterocycles. The Morgan fingerprint density at radius 2 is 1.73 bits per heavy atom. The summed E-state index contributed by atoms with van der Waals surface area (Å²) >= 11 is 0. The fourth-order valence-corrected chi connectivity index (χ4v) is 3.92. The lowest BCUT2D eigenvalue weighted by Crippen LogP contribution is -2.23. The molecule has 0 radical (unpaired) electrons. The Labute approximate surface area is 211 Å². The number of halogens is 1. The molecule has 0 saturated carbocycles. The van der Waals surface area contributed by atoms with Crippen LogP contribution in [-0.2, 0) is 6.54 Å². The van der Waals surface area contributed by atoms with E-state index in [-0.39, 0.29) is 23.7 Å². The second kappa shape index (κ2) is 9.94. The van der Waals surface area contributed by atoms with Gasteiger partial charge in [0.1, 0.15) is 22.7 Å². The van der Waals surface area contributed by atoms with E-state index in [2.05, 4.69) is 20.4 Å². The molecule has 3 N–H and O–H groups in total. The number of nitrogen functional groups attached to an aromatic ring is 1. The number of carbonyl (C=O) groups is 1. The van der Waals surface area contributed by atoms with E-state index in [0.717, 1.165) is 11.1 Å². The third kappa shape index (κ3) is 4.64. The Bertz CT molecular complexity index is 1650. The number of fused-ring (bicyclic) bond motifs is 2. The monoisotopic (exact) mass is 498 g/mol. The predicted octanol–water partition coefficient (Wildman–Crippen LogP) is 4.14. The smallest absolute Gasteiger partial charge is 0.257 e. The number of hydrogen-bond acceptors (Lipinski definition) is 7. The van der Waals surface area contributed by atoms with Gasteiger partial charge in [-0.05, 0) is 53.6 Å². The zero-order valence-corrected chi connectivity index (χ0v) is 20.1. The maximum absolute atomic E-state index is 13.3. The van der Waals surface area contributed by atoms with Crippen molar-refractivity contribution in [2.24, 2.45) is 5.10 Å². The van der Waals surface area contributed by atoms with Crippen LogP contribution in [0.15, 0.2) is 71.8 Å². The first-order valence-corrected chi connectivity index (χ1v) is 11.3. The molecule has 0 aliphatic heterocycles. The van der Waals surface area contributed by atoms with Crippen LogP contribution in [-0.4, -0.2) is 41.0 Å². The topological polar surface area (TPSA) is 117 Å². The summed E-state index contributed by atoms with van der Waals surface area (Å²) in [6, 6.07) is 18.5.